The van der Waals surface area contributed by atoms with Crippen LogP contribution in [-0.2, 0) is 10.8 Å². The summed E-state index contributed by atoms with van der Waals surface area (Å²) in [5.41, 5.74) is 18.3. The summed E-state index contributed by atoms with van der Waals surface area (Å²) in [5.74, 6) is 1.81. The molecule has 2 heterocycles. The van der Waals surface area contributed by atoms with Crippen LogP contribution in [0.5, 0.6) is 11.5 Å². The van der Waals surface area contributed by atoms with Crippen LogP contribution in [0, 0.1) is 0 Å². The van der Waals surface area contributed by atoms with Gasteiger partial charge in [0.05, 0.1) is 10.8 Å². The molecule has 1 aromatic heterocycles. The van der Waals surface area contributed by atoms with Gasteiger partial charge in [0.1, 0.15) is 22.7 Å². The molecule has 73 heavy (non-hydrogen) atoms. The fourth-order valence-electron chi connectivity index (χ4n) is 13.4. The zero-order valence-corrected chi connectivity index (χ0v) is 39.6. The molecular formula is C70H43NO2. The third-order valence-electron chi connectivity index (χ3n) is 16.4. The van der Waals surface area contributed by atoms with Crippen LogP contribution in [-0.4, -0.2) is 0 Å². The molecule has 340 valence electrons. The van der Waals surface area contributed by atoms with E-state index in [1.807, 2.05) is 6.07 Å². The molecule has 0 saturated heterocycles. The average molecular weight is 930 g/mol. The number of para-hydroxylation sites is 1. The molecule has 0 N–H and O–H groups in total. The summed E-state index contributed by atoms with van der Waals surface area (Å²) in [6.45, 7) is 0. The molecule has 3 heteroatoms. The van der Waals surface area contributed by atoms with Crippen LogP contribution in [0.1, 0.15) is 44.5 Å². The van der Waals surface area contributed by atoms with Crippen LogP contribution in [0.3, 0.4) is 0 Å². The van der Waals surface area contributed by atoms with Gasteiger partial charge in [-0.3, -0.25) is 0 Å². The highest BCUT2D eigenvalue weighted by Crippen LogP contribution is 2.65. The van der Waals surface area contributed by atoms with Crippen molar-refractivity contribution in [3.8, 4) is 33.8 Å². The van der Waals surface area contributed by atoms with Crippen molar-refractivity contribution >= 4 is 60.5 Å². The van der Waals surface area contributed by atoms with Crippen molar-refractivity contribution in [2.75, 3.05) is 4.90 Å². The minimum absolute atomic E-state index is 0.519. The van der Waals surface area contributed by atoms with E-state index in [9.17, 15) is 0 Å². The summed E-state index contributed by atoms with van der Waals surface area (Å²) in [6.07, 6.45) is 0. The molecule has 0 atom stereocenters. The van der Waals surface area contributed by atoms with E-state index in [1.54, 1.807) is 0 Å². The van der Waals surface area contributed by atoms with E-state index < -0.39 is 10.8 Å². The standard InChI is InChI=1S/C70H43NO2/c1-3-19-46(20-4-1)69(47-21-5-2-6-22-47)59-28-14-12-26-54(59)58-41-48(35-40-61(58)69)71(50-34-37-57-56-27-13-16-30-65(56)72-66(57)43-50)49-33-36-55-53-25-11-15-29-60(53)70(64(55)42-49)62-38-31-44-17-7-9-23-51(44)67(62)73-68-52-24-10-8-18-45(52)32-39-63(68)70/h1-43H. The first-order valence-corrected chi connectivity index (χ1v) is 25.2. The number of hydrogen-bond donors (Lipinski definition) is 0. The van der Waals surface area contributed by atoms with Crippen LogP contribution in [0.15, 0.2) is 265 Å². The molecule has 1 spiro atoms. The Balaban J connectivity index is 0.985. The van der Waals surface area contributed by atoms with Gasteiger partial charge in [0, 0.05) is 55.8 Å². The summed E-state index contributed by atoms with van der Waals surface area (Å²) in [4.78, 5) is 2.44. The van der Waals surface area contributed by atoms with Gasteiger partial charge in [-0.1, -0.05) is 212 Å². The maximum atomic E-state index is 7.33. The first-order chi connectivity index (χ1) is 36.2. The van der Waals surface area contributed by atoms with Crippen LogP contribution in [0.2, 0.25) is 0 Å². The lowest BCUT2D eigenvalue weighted by Gasteiger charge is -2.40. The first-order valence-electron chi connectivity index (χ1n) is 25.2. The lowest BCUT2D eigenvalue weighted by Crippen LogP contribution is -2.32. The number of furan rings is 1. The van der Waals surface area contributed by atoms with Gasteiger partial charge < -0.3 is 14.1 Å². The molecule has 3 aliphatic rings. The lowest BCUT2D eigenvalue weighted by molar-refractivity contribution is 0.447. The minimum Gasteiger partial charge on any atom is -0.456 e. The number of rotatable bonds is 5. The normalized spacial score (nSPS) is 14.1. The van der Waals surface area contributed by atoms with Crippen LogP contribution >= 0.6 is 0 Å². The number of anilines is 3. The van der Waals surface area contributed by atoms with Gasteiger partial charge in [0.25, 0.3) is 0 Å². The highest BCUT2D eigenvalue weighted by atomic mass is 16.5. The molecule has 3 nitrogen and oxygen atoms in total. The Bertz CT molecular complexity index is 4310. The molecule has 0 fully saturated rings. The average Bonchev–Trinajstić information content (AvgIpc) is 4.08. The molecule has 2 aliphatic carbocycles. The summed E-state index contributed by atoms with van der Waals surface area (Å²) in [5, 5.41) is 6.69. The minimum atomic E-state index is -0.713. The summed E-state index contributed by atoms with van der Waals surface area (Å²) < 4.78 is 14.0. The molecule has 13 aromatic rings. The third kappa shape index (κ3) is 5.38. The van der Waals surface area contributed by atoms with Gasteiger partial charge in [-0.2, -0.15) is 0 Å². The van der Waals surface area contributed by atoms with Gasteiger partial charge in [0.2, 0.25) is 0 Å². The Morgan fingerprint density at radius 3 is 1.42 bits per heavy atom. The fraction of sp³-hybridized carbons (Fsp3) is 0.0286. The smallest absolute Gasteiger partial charge is 0.140 e. The predicted octanol–water partition coefficient (Wildman–Crippen LogP) is 18.2. The Kier molecular flexibility index (Phi) is 8.30. The fourth-order valence-corrected chi connectivity index (χ4v) is 13.4. The SMILES string of the molecule is c1ccc(C2(c3ccccc3)c3ccccc3-c3cc(N(c4ccc5c(c4)C4(c6ccccc6-5)c5ccc6ccccc6c5Oc5c4ccc4ccccc54)c4ccc5c(c4)oc4ccccc45)ccc32)cc1. The Morgan fingerprint density at radius 1 is 0.274 bits per heavy atom. The first kappa shape index (κ1) is 40.3. The number of hydrogen-bond acceptors (Lipinski definition) is 3. The van der Waals surface area contributed by atoms with Gasteiger partial charge in [-0.15, -0.1) is 0 Å². The second-order valence-electron chi connectivity index (χ2n) is 19.8. The van der Waals surface area contributed by atoms with Crippen molar-refractivity contribution in [3.05, 3.63) is 305 Å². The van der Waals surface area contributed by atoms with Gasteiger partial charge >= 0.3 is 0 Å². The number of fused-ring (bicyclic) bond motifs is 19. The van der Waals surface area contributed by atoms with Gasteiger partial charge in [-0.05, 0) is 109 Å². The second-order valence-corrected chi connectivity index (χ2v) is 19.8. The zero-order chi connectivity index (χ0) is 47.8. The van der Waals surface area contributed by atoms with Crippen molar-refractivity contribution in [3.63, 3.8) is 0 Å². The highest BCUT2D eigenvalue weighted by Gasteiger charge is 2.52. The van der Waals surface area contributed by atoms with E-state index in [4.69, 9.17) is 9.15 Å². The molecule has 0 amide bonds. The van der Waals surface area contributed by atoms with E-state index in [-0.39, 0.29) is 0 Å². The number of ether oxygens (including phenoxy) is 1. The zero-order valence-electron chi connectivity index (χ0n) is 39.6. The van der Waals surface area contributed by atoms with Crippen molar-refractivity contribution in [2.24, 2.45) is 0 Å². The topological polar surface area (TPSA) is 25.6 Å². The van der Waals surface area contributed by atoms with E-state index >= 15 is 0 Å². The molecule has 0 unspecified atom stereocenters. The third-order valence-corrected chi connectivity index (χ3v) is 16.4. The molecule has 0 saturated carbocycles. The van der Waals surface area contributed by atoms with E-state index in [1.165, 1.54) is 55.6 Å². The maximum Gasteiger partial charge on any atom is 0.140 e. The molecule has 0 radical (unpaired) electrons. The quantitative estimate of drug-likeness (QED) is 0.172. The molecule has 0 bridgehead atoms. The summed E-state index contributed by atoms with van der Waals surface area (Å²) >= 11 is 0. The van der Waals surface area contributed by atoms with Crippen LogP contribution < -0.4 is 9.64 Å². The summed E-state index contributed by atoms with van der Waals surface area (Å²) in [7, 11) is 0. The molecular weight excluding hydrogens is 887 g/mol. The van der Waals surface area contributed by atoms with Gasteiger partial charge in [-0.25, -0.2) is 0 Å². The molecule has 12 aromatic carbocycles. The van der Waals surface area contributed by atoms with Crippen molar-refractivity contribution in [1.82, 2.24) is 0 Å². The molecule has 16 rings (SSSR count). The van der Waals surface area contributed by atoms with E-state index in [0.29, 0.717) is 0 Å². The van der Waals surface area contributed by atoms with Crippen LogP contribution in [0.25, 0.3) is 65.7 Å². The monoisotopic (exact) mass is 929 g/mol. The maximum absolute atomic E-state index is 7.33. The Labute approximate surface area is 422 Å². The van der Waals surface area contributed by atoms with Crippen molar-refractivity contribution in [2.45, 2.75) is 10.8 Å². The van der Waals surface area contributed by atoms with E-state index in [0.717, 1.165) is 83.2 Å². The lowest BCUT2D eigenvalue weighted by atomic mass is 9.65. The Morgan fingerprint density at radius 2 is 0.740 bits per heavy atom. The van der Waals surface area contributed by atoms with Crippen molar-refractivity contribution in [1.29, 1.82) is 0 Å². The number of benzene rings is 12. The van der Waals surface area contributed by atoms with Crippen LogP contribution in [0.4, 0.5) is 17.1 Å². The van der Waals surface area contributed by atoms with Gasteiger partial charge in [0.15, 0.2) is 0 Å². The number of nitrogens with zero attached hydrogens (tertiary/aromatic N) is 1. The van der Waals surface area contributed by atoms with E-state index in [2.05, 4.69) is 260 Å². The predicted molar refractivity (Wildman–Crippen MR) is 298 cm³/mol. The largest absolute Gasteiger partial charge is 0.456 e. The second kappa shape index (κ2) is 15.0. The Hall–Kier alpha value is -9.44. The highest BCUT2D eigenvalue weighted by molar-refractivity contribution is 6.07. The van der Waals surface area contributed by atoms with Crippen molar-refractivity contribution < 1.29 is 9.15 Å². The summed E-state index contributed by atoms with van der Waals surface area (Å²) in [6, 6.07) is 96.0. The molecule has 1 aliphatic heterocycles.